The molecule has 3 atom stereocenters. The first-order valence-corrected chi connectivity index (χ1v) is 16.0. The Labute approximate surface area is 245 Å². The Morgan fingerprint density at radius 2 is 1.74 bits per heavy atom. The molecule has 4 rings (SSSR count). The zero-order chi connectivity index (χ0) is 28.6. The highest BCUT2D eigenvalue weighted by Crippen LogP contribution is 2.40. The van der Waals surface area contributed by atoms with Crippen LogP contribution in [0, 0.1) is 18.8 Å². The molecule has 1 aromatic rings. The van der Waals surface area contributed by atoms with E-state index in [0.29, 0.717) is 17.2 Å². The molecule has 3 aliphatic carbocycles. The van der Waals surface area contributed by atoms with Gasteiger partial charge < -0.3 is 5.11 Å². The number of nitrogens with one attached hydrogen (secondary N) is 1. The minimum Gasteiger partial charge on any atom is -0.400 e. The van der Waals surface area contributed by atoms with Crippen LogP contribution in [-0.4, -0.2) is 23.5 Å². The van der Waals surface area contributed by atoms with Crippen LogP contribution in [0.3, 0.4) is 0 Å². The van der Waals surface area contributed by atoms with E-state index in [1.165, 1.54) is 80.1 Å². The van der Waals surface area contributed by atoms with Gasteiger partial charge in [-0.05, 0) is 101 Å². The number of aliphatic hydroxyl groups is 1. The van der Waals surface area contributed by atoms with Gasteiger partial charge in [0, 0.05) is 18.4 Å². The second-order valence-electron chi connectivity index (χ2n) is 11.5. The molecule has 3 heteroatoms. The summed E-state index contributed by atoms with van der Waals surface area (Å²) in [5, 5.41) is 7.59. The SMILES string of the molecule is C=C(C)C/C(=C(/C)C1CC=C(C)C(SNC2CCCCC2)C1)c1ccccc1C.CCC1C=CC=CC1.CO. The quantitative estimate of drug-likeness (QED) is 0.250. The first kappa shape index (κ1) is 33.4. The van der Waals surface area contributed by atoms with E-state index in [2.05, 4.69) is 101 Å². The van der Waals surface area contributed by atoms with Crippen LogP contribution in [0.4, 0.5) is 0 Å². The Balaban J connectivity index is 0.000000451. The summed E-state index contributed by atoms with van der Waals surface area (Å²) in [5.74, 6) is 1.44. The lowest BCUT2D eigenvalue weighted by molar-refractivity contribution is 0.399. The fraction of sp³-hybridized carbons (Fsp3) is 0.556. The van der Waals surface area contributed by atoms with E-state index < -0.39 is 0 Å². The molecular formula is C36H55NOS. The van der Waals surface area contributed by atoms with Gasteiger partial charge in [0.15, 0.2) is 0 Å². The molecule has 0 radical (unpaired) electrons. The van der Waals surface area contributed by atoms with Crippen molar-refractivity contribution >= 4 is 17.5 Å². The van der Waals surface area contributed by atoms with Crippen LogP contribution < -0.4 is 4.72 Å². The van der Waals surface area contributed by atoms with Crippen molar-refractivity contribution in [1.29, 1.82) is 0 Å². The fourth-order valence-corrected chi connectivity index (χ4v) is 6.94. The van der Waals surface area contributed by atoms with Crippen molar-refractivity contribution in [3.05, 3.63) is 89.1 Å². The molecule has 0 spiro atoms. The largest absolute Gasteiger partial charge is 0.400 e. The van der Waals surface area contributed by atoms with Gasteiger partial charge in [-0.15, -0.1) is 0 Å². The number of rotatable bonds is 8. The van der Waals surface area contributed by atoms with Crippen LogP contribution in [0.2, 0.25) is 0 Å². The number of aliphatic hydroxyl groups excluding tert-OH is 1. The van der Waals surface area contributed by atoms with Crippen LogP contribution in [0.1, 0.15) is 103 Å². The zero-order valence-electron chi connectivity index (χ0n) is 25.6. The van der Waals surface area contributed by atoms with Gasteiger partial charge in [0.05, 0.1) is 0 Å². The highest BCUT2D eigenvalue weighted by molar-refractivity contribution is 7.98. The van der Waals surface area contributed by atoms with Crippen molar-refractivity contribution in [2.75, 3.05) is 7.11 Å². The maximum atomic E-state index is 7.00. The number of allylic oxidation sites excluding steroid dienone is 8. The van der Waals surface area contributed by atoms with Gasteiger partial charge >= 0.3 is 0 Å². The van der Waals surface area contributed by atoms with E-state index in [1.54, 1.807) is 11.1 Å². The summed E-state index contributed by atoms with van der Waals surface area (Å²) in [7, 11) is 1.00. The maximum absolute atomic E-state index is 7.00. The molecule has 3 unspecified atom stereocenters. The van der Waals surface area contributed by atoms with E-state index in [0.717, 1.165) is 19.4 Å². The normalized spacial score (nSPS) is 23.5. The standard InChI is InChI=1S/C27H39NS.C8H12.CH4O/c1-19(2)17-26(25-14-10-9-11-20(25)3)22(5)23-16-15-21(4)27(18-23)29-28-24-12-7-6-8-13-24;1-2-8-6-4-3-5-7-8;1-2/h9-11,14-15,23-24,27-28H,1,6-8,12-13,16-18H2,2-5H3;3-6,8H,2,7H2,1H3;2H,1H3/b26-22+;;. The average Bonchev–Trinajstić information content (AvgIpc) is 2.98. The molecule has 0 heterocycles. The smallest absolute Gasteiger partial charge is 0.0405 e. The van der Waals surface area contributed by atoms with Crippen molar-refractivity contribution in [2.45, 2.75) is 110 Å². The average molecular weight is 550 g/mol. The summed E-state index contributed by atoms with van der Waals surface area (Å²) >= 11 is 2.00. The molecule has 0 bridgehead atoms. The lowest BCUT2D eigenvalue weighted by atomic mass is 9.80. The van der Waals surface area contributed by atoms with Crippen LogP contribution in [0.25, 0.3) is 5.57 Å². The van der Waals surface area contributed by atoms with Gasteiger partial charge in [-0.1, -0.05) is 116 Å². The molecule has 1 fully saturated rings. The highest BCUT2D eigenvalue weighted by atomic mass is 32.2. The molecule has 39 heavy (non-hydrogen) atoms. The van der Waals surface area contributed by atoms with Gasteiger partial charge in [0.25, 0.3) is 0 Å². The Hall–Kier alpha value is -1.81. The summed E-state index contributed by atoms with van der Waals surface area (Å²) in [6.07, 6.45) is 24.1. The molecule has 0 aromatic heterocycles. The van der Waals surface area contributed by atoms with E-state index in [1.807, 2.05) is 11.9 Å². The molecule has 0 aliphatic heterocycles. The van der Waals surface area contributed by atoms with Crippen LogP contribution in [0.5, 0.6) is 0 Å². The minimum atomic E-state index is 0.591. The Morgan fingerprint density at radius 3 is 2.33 bits per heavy atom. The highest BCUT2D eigenvalue weighted by Gasteiger charge is 2.26. The molecule has 3 aliphatic rings. The van der Waals surface area contributed by atoms with Gasteiger partial charge in [-0.2, -0.15) is 0 Å². The minimum absolute atomic E-state index is 0.591. The predicted molar refractivity (Wildman–Crippen MR) is 176 cm³/mol. The molecule has 0 amide bonds. The molecule has 2 nitrogen and oxygen atoms in total. The lowest BCUT2D eigenvalue weighted by Crippen LogP contribution is -2.29. The monoisotopic (exact) mass is 549 g/mol. The molecule has 1 aromatic carbocycles. The summed E-state index contributed by atoms with van der Waals surface area (Å²) in [6.45, 7) is 15.5. The lowest BCUT2D eigenvalue weighted by Gasteiger charge is -2.32. The van der Waals surface area contributed by atoms with Crippen molar-refractivity contribution in [2.24, 2.45) is 11.8 Å². The number of benzene rings is 1. The van der Waals surface area contributed by atoms with E-state index in [4.69, 9.17) is 5.11 Å². The second-order valence-corrected chi connectivity index (χ2v) is 12.5. The molecule has 216 valence electrons. The third-order valence-electron chi connectivity index (χ3n) is 8.34. The molecule has 0 saturated heterocycles. The first-order valence-electron chi connectivity index (χ1n) is 15.1. The van der Waals surface area contributed by atoms with Gasteiger partial charge in [0.1, 0.15) is 0 Å². The fourth-order valence-electron chi connectivity index (χ4n) is 5.73. The van der Waals surface area contributed by atoms with Crippen LogP contribution in [0.15, 0.2) is 77.9 Å². The zero-order valence-corrected chi connectivity index (χ0v) is 26.5. The van der Waals surface area contributed by atoms with Crippen molar-refractivity contribution in [1.82, 2.24) is 4.72 Å². The second kappa shape index (κ2) is 18.5. The van der Waals surface area contributed by atoms with Crippen LogP contribution >= 0.6 is 11.9 Å². The van der Waals surface area contributed by atoms with Gasteiger partial charge in [0.2, 0.25) is 0 Å². The van der Waals surface area contributed by atoms with Crippen molar-refractivity contribution < 1.29 is 5.11 Å². The van der Waals surface area contributed by atoms with Gasteiger partial charge in [-0.25, -0.2) is 0 Å². The van der Waals surface area contributed by atoms with Crippen molar-refractivity contribution in [3.63, 3.8) is 0 Å². The number of aryl methyl sites for hydroxylation is 1. The number of hydrogen-bond donors (Lipinski definition) is 2. The number of hydrogen-bond acceptors (Lipinski definition) is 3. The predicted octanol–water partition coefficient (Wildman–Crippen LogP) is 10.2. The maximum Gasteiger partial charge on any atom is 0.0405 e. The third kappa shape index (κ3) is 11.3. The summed E-state index contributed by atoms with van der Waals surface area (Å²) in [6, 6.07) is 9.55. The van der Waals surface area contributed by atoms with Crippen LogP contribution in [-0.2, 0) is 0 Å². The van der Waals surface area contributed by atoms with E-state index in [-0.39, 0.29) is 0 Å². The topological polar surface area (TPSA) is 32.3 Å². The Morgan fingerprint density at radius 1 is 1.03 bits per heavy atom. The molecular weight excluding hydrogens is 494 g/mol. The summed E-state index contributed by atoms with van der Waals surface area (Å²) in [5.41, 5.74) is 8.64. The third-order valence-corrected chi connectivity index (χ3v) is 9.66. The summed E-state index contributed by atoms with van der Waals surface area (Å²) in [4.78, 5) is 0. The molecule has 1 saturated carbocycles. The van der Waals surface area contributed by atoms with Crippen molar-refractivity contribution in [3.8, 4) is 0 Å². The summed E-state index contributed by atoms with van der Waals surface area (Å²) < 4.78 is 3.83. The van der Waals surface area contributed by atoms with E-state index >= 15 is 0 Å². The van der Waals surface area contributed by atoms with Gasteiger partial charge in [-0.3, -0.25) is 4.72 Å². The Bertz CT molecular complexity index is 995. The Kier molecular flexibility index (Phi) is 15.9. The first-order chi connectivity index (χ1) is 18.9. The van der Waals surface area contributed by atoms with E-state index in [9.17, 15) is 0 Å². The molecule has 2 N–H and O–H groups in total.